The molecule has 0 spiro atoms. The molecule has 0 atom stereocenters. The Kier molecular flexibility index (Phi) is 10.0. The van der Waals surface area contributed by atoms with Crippen LogP contribution in [0.1, 0.15) is 23.5 Å². The van der Waals surface area contributed by atoms with E-state index in [4.69, 9.17) is 11.3 Å². The molecule has 6 aromatic carbocycles. The molecule has 283 valence electrons. The van der Waals surface area contributed by atoms with Gasteiger partial charge in [-0.05, 0) is 63.7 Å². The summed E-state index contributed by atoms with van der Waals surface area (Å²) in [6, 6.07) is 52.6. The minimum atomic E-state index is -2.30. The zero-order chi connectivity index (χ0) is 42.9. The number of nitrogens with zero attached hydrogens (tertiary/aromatic N) is 2. The van der Waals surface area contributed by atoms with Crippen molar-refractivity contribution in [1.82, 2.24) is 9.97 Å². The van der Waals surface area contributed by atoms with Crippen LogP contribution in [0, 0.1) is 24.8 Å². The van der Waals surface area contributed by atoms with Crippen molar-refractivity contribution < 1.29 is 35.8 Å². The summed E-state index contributed by atoms with van der Waals surface area (Å²) in [5, 5.41) is 2.92. The number of hydrogen-bond acceptors (Lipinski definition) is 3. The second-order valence-electron chi connectivity index (χ2n) is 14.5. The average Bonchev–Trinajstić information content (AvgIpc) is 3.65. The Morgan fingerprint density at radius 3 is 2.09 bits per heavy atom. The van der Waals surface area contributed by atoms with Crippen molar-refractivity contribution in [2.75, 3.05) is 0 Å². The fourth-order valence-electron chi connectivity index (χ4n) is 6.73. The van der Waals surface area contributed by atoms with Gasteiger partial charge in [-0.3, -0.25) is 4.39 Å². The van der Waals surface area contributed by atoms with Gasteiger partial charge >= 0.3 is 0 Å². The summed E-state index contributed by atoms with van der Waals surface area (Å²) in [5.41, 5.74) is 8.90. The summed E-state index contributed by atoms with van der Waals surface area (Å²) >= 11 is 0. The summed E-state index contributed by atoms with van der Waals surface area (Å²) in [5.74, 6) is -0.354. The van der Waals surface area contributed by atoms with Crippen molar-refractivity contribution in [3.8, 4) is 44.8 Å². The standard InChI is InChI=1S/C30H20NO.C21H21FNSi.Ir/c1-20-17-28(31-19-27(20)22-11-6-3-7-12-22)26-14-8-13-25-24-16-15-23(18-29(24)32-30(25)26)21-9-4-2-5-10-21;1-24(2,3)21-15-23-20(17-9-11-19(22)12-10-17)14-18(21)13-16-7-5-4-6-8-16;/h2-13,15-19H,1H3;4-9,11-12,14-15H,13H2,1-3H3;/q2*-1;/i1D3;13D2;. The molecule has 0 saturated carbocycles. The van der Waals surface area contributed by atoms with Gasteiger partial charge < -0.3 is 14.4 Å². The molecule has 0 fully saturated rings. The Balaban J connectivity index is 0.000000192. The molecule has 3 heterocycles. The topological polar surface area (TPSA) is 38.9 Å². The summed E-state index contributed by atoms with van der Waals surface area (Å²) in [7, 11) is -1.83. The summed E-state index contributed by atoms with van der Waals surface area (Å²) in [6.45, 7) is 4.24. The largest absolute Gasteiger partial charge is 0.501 e. The van der Waals surface area contributed by atoms with E-state index in [-0.39, 0.29) is 31.5 Å². The predicted octanol–water partition coefficient (Wildman–Crippen LogP) is 12.9. The predicted molar refractivity (Wildman–Crippen MR) is 232 cm³/mol. The van der Waals surface area contributed by atoms with Crippen LogP contribution in [0.15, 0.2) is 168 Å². The maximum Gasteiger partial charge on any atom is 0.121 e. The maximum atomic E-state index is 13.2. The van der Waals surface area contributed by atoms with Crippen LogP contribution in [0.3, 0.4) is 0 Å². The van der Waals surface area contributed by atoms with Crippen molar-refractivity contribution in [3.05, 3.63) is 199 Å². The zero-order valence-corrected chi connectivity index (χ0v) is 35.0. The Morgan fingerprint density at radius 2 is 1.40 bits per heavy atom. The van der Waals surface area contributed by atoms with E-state index in [0.29, 0.717) is 44.8 Å². The molecule has 0 aliphatic heterocycles. The van der Waals surface area contributed by atoms with Gasteiger partial charge in [0.1, 0.15) is 5.58 Å². The van der Waals surface area contributed by atoms with E-state index in [1.165, 1.54) is 12.1 Å². The van der Waals surface area contributed by atoms with Crippen molar-refractivity contribution in [3.63, 3.8) is 0 Å². The number of hydrogen-bond donors (Lipinski definition) is 0. The first kappa shape index (κ1) is 33.4. The second kappa shape index (κ2) is 17.2. The first-order valence-electron chi connectivity index (χ1n) is 20.9. The van der Waals surface area contributed by atoms with Crippen LogP contribution in [0.4, 0.5) is 4.39 Å². The molecule has 3 nitrogen and oxygen atoms in total. The zero-order valence-electron chi connectivity index (χ0n) is 36.6. The molecule has 0 amide bonds. The average molecular weight is 942 g/mol. The molecule has 0 N–H and O–H groups in total. The molecule has 6 heteroatoms. The first-order chi connectivity index (χ1) is 29.2. The van der Waals surface area contributed by atoms with Crippen LogP contribution >= 0.6 is 0 Å². The smallest absolute Gasteiger partial charge is 0.121 e. The number of pyridine rings is 2. The van der Waals surface area contributed by atoms with Crippen LogP contribution < -0.4 is 5.19 Å². The molecule has 0 saturated heterocycles. The number of rotatable bonds is 7. The number of benzene rings is 6. The van der Waals surface area contributed by atoms with Gasteiger partial charge in [-0.25, -0.2) is 0 Å². The van der Waals surface area contributed by atoms with Gasteiger partial charge in [0, 0.05) is 56.1 Å². The number of halogens is 1. The molecule has 1 radical (unpaired) electrons. The van der Waals surface area contributed by atoms with Gasteiger partial charge in [0.15, 0.2) is 0 Å². The maximum absolute atomic E-state index is 13.2. The van der Waals surface area contributed by atoms with Gasteiger partial charge in [0.05, 0.1) is 13.7 Å². The SMILES string of the molecule is [2H]C([2H])([2H])c1cc(-c2[c-]ccc3c2oc2cc(-c4ccccc4)ccc23)ncc1-c1ccccc1.[2H]C([2H])(c1ccccc1)c1cc(-c2[c-]cc(F)cc2)ncc1[Si](C)(C)C.[Ir]. The molecule has 0 unspecified atom stereocenters. The minimum absolute atomic E-state index is 0. The normalized spacial score (nSPS) is 12.9. The van der Waals surface area contributed by atoms with Crippen LogP contribution in [-0.2, 0) is 26.5 Å². The van der Waals surface area contributed by atoms with E-state index >= 15 is 0 Å². The van der Waals surface area contributed by atoms with Crippen LogP contribution in [-0.4, -0.2) is 18.0 Å². The number of aryl methyl sites for hydroxylation is 1. The van der Waals surface area contributed by atoms with Gasteiger partial charge in [-0.2, -0.15) is 0 Å². The quantitative estimate of drug-likeness (QED) is 0.118. The molecule has 0 bridgehead atoms. The Morgan fingerprint density at radius 1 is 0.702 bits per heavy atom. The molecule has 0 aliphatic carbocycles. The summed E-state index contributed by atoms with van der Waals surface area (Å²) < 4.78 is 61.6. The van der Waals surface area contributed by atoms with E-state index in [1.807, 2.05) is 84.9 Å². The Hall–Kier alpha value is -5.78. The van der Waals surface area contributed by atoms with E-state index in [9.17, 15) is 4.39 Å². The van der Waals surface area contributed by atoms with Gasteiger partial charge in [0.2, 0.25) is 0 Å². The van der Waals surface area contributed by atoms with Crippen LogP contribution in [0.25, 0.3) is 66.7 Å². The van der Waals surface area contributed by atoms with Crippen molar-refractivity contribution in [2.45, 2.75) is 32.9 Å². The number of aromatic nitrogens is 2. The third-order valence-electron chi connectivity index (χ3n) is 9.60. The molecular formula is C51H41FIrN2OSi-2. The fourth-order valence-corrected chi connectivity index (χ4v) is 8.12. The third-order valence-corrected chi connectivity index (χ3v) is 11.6. The monoisotopic (exact) mass is 942 g/mol. The third kappa shape index (κ3) is 8.79. The molecule has 0 aliphatic rings. The van der Waals surface area contributed by atoms with Crippen molar-refractivity contribution in [1.29, 1.82) is 0 Å². The molecule has 9 rings (SSSR count). The second-order valence-corrected chi connectivity index (χ2v) is 19.6. The molecule has 57 heavy (non-hydrogen) atoms. The van der Waals surface area contributed by atoms with E-state index < -0.39 is 21.3 Å². The number of furan rings is 1. The van der Waals surface area contributed by atoms with Crippen molar-refractivity contribution >= 4 is 35.2 Å². The van der Waals surface area contributed by atoms with Gasteiger partial charge in [-0.1, -0.05) is 151 Å². The van der Waals surface area contributed by atoms with Gasteiger partial charge in [-0.15, -0.1) is 48.0 Å². The fraction of sp³-hybridized carbons (Fsp3) is 0.0980. The number of fused-ring (bicyclic) bond motifs is 3. The molecule has 9 aromatic rings. The summed E-state index contributed by atoms with van der Waals surface area (Å²) in [6.07, 6.45) is 1.78. The minimum Gasteiger partial charge on any atom is -0.501 e. The Labute approximate surface area is 355 Å². The summed E-state index contributed by atoms with van der Waals surface area (Å²) in [4.78, 5) is 9.17. The van der Waals surface area contributed by atoms with Crippen molar-refractivity contribution in [2.24, 2.45) is 0 Å². The Bertz CT molecular complexity index is 2970. The van der Waals surface area contributed by atoms with E-state index in [2.05, 4.69) is 66.0 Å². The van der Waals surface area contributed by atoms with Crippen LogP contribution in [0.5, 0.6) is 0 Å². The van der Waals surface area contributed by atoms with Crippen LogP contribution in [0.2, 0.25) is 19.6 Å². The van der Waals surface area contributed by atoms with Gasteiger partial charge in [0.25, 0.3) is 0 Å². The molecular weight excluding hydrogens is 896 g/mol. The van der Waals surface area contributed by atoms with E-state index in [0.717, 1.165) is 38.2 Å². The first-order valence-corrected chi connectivity index (χ1v) is 21.9. The molecule has 3 aromatic heterocycles. The van der Waals surface area contributed by atoms with E-state index in [1.54, 1.807) is 42.7 Å².